The largest absolute Gasteiger partial charge is 0.462 e. The van der Waals surface area contributed by atoms with Gasteiger partial charge >= 0.3 is 5.97 Å². The highest BCUT2D eigenvalue weighted by atomic mass is 16.5. The first-order valence-electron chi connectivity index (χ1n) is 6.40. The number of carbonyl (C=O) groups excluding carboxylic acids is 2. The topological polar surface area (TPSA) is 46.6 Å². The maximum absolute atomic E-state index is 11.6. The molecule has 0 radical (unpaired) electrons. The molecule has 0 aliphatic carbocycles. The highest BCUT2D eigenvalue weighted by Gasteiger charge is 2.14. The van der Waals surface area contributed by atoms with Gasteiger partial charge in [-0.3, -0.25) is 4.79 Å². The quantitative estimate of drug-likeness (QED) is 0.263. The third-order valence-corrected chi connectivity index (χ3v) is 2.61. The van der Waals surface area contributed by atoms with Crippen molar-refractivity contribution >= 4 is 17.4 Å². The molecule has 4 nitrogen and oxygen atoms in total. The Labute approximate surface area is 119 Å². The van der Waals surface area contributed by atoms with Crippen LogP contribution in [0.3, 0.4) is 0 Å². The Morgan fingerprint density at radius 1 is 1.25 bits per heavy atom. The minimum Gasteiger partial charge on any atom is -0.462 e. The standard InChI is InChI=1S/C16H19NO3/c1-4-20-16(19)15(13(2)18)11-8-12-17(3)14-9-6-5-7-10-14/h5-12H,4H2,1-3H3/b12-8+,15-11-. The molecule has 0 saturated carbocycles. The normalized spacial score (nSPS) is 11.4. The van der Waals surface area contributed by atoms with Gasteiger partial charge in [0.05, 0.1) is 6.61 Å². The van der Waals surface area contributed by atoms with Crippen LogP contribution in [0.25, 0.3) is 0 Å². The zero-order chi connectivity index (χ0) is 15.0. The molecule has 0 heterocycles. The number of anilines is 1. The molecule has 0 fully saturated rings. The van der Waals surface area contributed by atoms with Crippen LogP contribution < -0.4 is 4.90 Å². The van der Waals surface area contributed by atoms with E-state index in [4.69, 9.17) is 4.74 Å². The number of Topliss-reactive ketones (excluding diaryl/α,β-unsaturated/α-hetero) is 1. The van der Waals surface area contributed by atoms with Gasteiger partial charge in [-0.2, -0.15) is 0 Å². The van der Waals surface area contributed by atoms with Gasteiger partial charge in [0.25, 0.3) is 0 Å². The molecule has 1 rings (SSSR count). The van der Waals surface area contributed by atoms with Crippen molar-refractivity contribution in [2.24, 2.45) is 0 Å². The number of ketones is 1. The Morgan fingerprint density at radius 3 is 2.45 bits per heavy atom. The predicted octanol–water partition coefficient (Wildman–Crippen LogP) is 2.72. The minimum absolute atomic E-state index is 0.0459. The van der Waals surface area contributed by atoms with E-state index in [2.05, 4.69) is 0 Å². The number of hydrogen-bond donors (Lipinski definition) is 0. The van der Waals surface area contributed by atoms with Gasteiger partial charge in [0.2, 0.25) is 0 Å². The van der Waals surface area contributed by atoms with Crippen molar-refractivity contribution in [1.29, 1.82) is 0 Å². The van der Waals surface area contributed by atoms with E-state index in [0.717, 1.165) is 5.69 Å². The highest BCUT2D eigenvalue weighted by Crippen LogP contribution is 2.11. The third-order valence-electron chi connectivity index (χ3n) is 2.61. The van der Waals surface area contributed by atoms with Gasteiger partial charge in [0, 0.05) is 18.9 Å². The first kappa shape index (κ1) is 15.7. The molecule has 106 valence electrons. The number of ether oxygens (including phenoxy) is 1. The molecule has 20 heavy (non-hydrogen) atoms. The average molecular weight is 273 g/mol. The van der Waals surface area contributed by atoms with E-state index in [-0.39, 0.29) is 18.0 Å². The lowest BCUT2D eigenvalue weighted by atomic mass is 10.2. The van der Waals surface area contributed by atoms with E-state index in [1.54, 1.807) is 19.2 Å². The summed E-state index contributed by atoms with van der Waals surface area (Å²) in [7, 11) is 1.89. The zero-order valence-electron chi connectivity index (χ0n) is 12.0. The lowest BCUT2D eigenvalue weighted by Gasteiger charge is -2.13. The summed E-state index contributed by atoms with van der Waals surface area (Å²) < 4.78 is 4.83. The summed E-state index contributed by atoms with van der Waals surface area (Å²) in [5.41, 5.74) is 1.06. The van der Waals surface area contributed by atoms with Crippen LogP contribution in [-0.2, 0) is 14.3 Å². The number of nitrogens with zero attached hydrogens (tertiary/aromatic N) is 1. The molecular weight excluding hydrogens is 254 g/mol. The molecule has 0 spiro atoms. The van der Waals surface area contributed by atoms with Gasteiger partial charge in [0.1, 0.15) is 5.57 Å². The van der Waals surface area contributed by atoms with Crippen molar-refractivity contribution in [2.45, 2.75) is 13.8 Å². The first-order chi connectivity index (χ1) is 9.56. The maximum Gasteiger partial charge on any atom is 0.341 e. The summed E-state index contributed by atoms with van der Waals surface area (Å²) in [6, 6.07) is 9.75. The number of hydrogen-bond acceptors (Lipinski definition) is 4. The van der Waals surface area contributed by atoms with Crippen molar-refractivity contribution in [2.75, 3.05) is 18.6 Å². The van der Waals surface area contributed by atoms with Gasteiger partial charge in [-0.15, -0.1) is 0 Å². The van der Waals surface area contributed by atoms with Crippen molar-refractivity contribution < 1.29 is 14.3 Å². The van der Waals surface area contributed by atoms with E-state index in [0.29, 0.717) is 0 Å². The van der Waals surface area contributed by atoms with Gasteiger partial charge in [0.15, 0.2) is 5.78 Å². The Morgan fingerprint density at radius 2 is 1.90 bits per heavy atom. The van der Waals surface area contributed by atoms with Crippen molar-refractivity contribution in [1.82, 2.24) is 0 Å². The SMILES string of the molecule is CCOC(=O)/C(=C\C=C\N(C)c1ccccc1)C(C)=O. The average Bonchev–Trinajstić information content (AvgIpc) is 2.44. The van der Waals surface area contributed by atoms with Gasteiger partial charge in [-0.25, -0.2) is 4.79 Å². The fourth-order valence-corrected chi connectivity index (χ4v) is 1.56. The van der Waals surface area contributed by atoms with E-state index >= 15 is 0 Å². The Bertz CT molecular complexity index is 518. The Kier molecular flexibility index (Phi) is 6.23. The van der Waals surface area contributed by atoms with Crippen LogP contribution in [0.15, 0.2) is 54.3 Å². The second kappa shape index (κ2) is 7.94. The molecule has 0 atom stereocenters. The molecule has 0 amide bonds. The van der Waals surface area contributed by atoms with Gasteiger partial charge in [-0.1, -0.05) is 18.2 Å². The summed E-state index contributed by atoms with van der Waals surface area (Å²) in [6.07, 6.45) is 4.90. The molecule has 4 heteroatoms. The third kappa shape index (κ3) is 4.72. The second-order valence-electron chi connectivity index (χ2n) is 4.14. The van der Waals surface area contributed by atoms with Crippen molar-refractivity contribution in [3.8, 4) is 0 Å². The summed E-state index contributed by atoms with van der Waals surface area (Å²) in [4.78, 5) is 24.8. The molecule has 1 aromatic carbocycles. The number of carbonyl (C=O) groups is 2. The van der Waals surface area contributed by atoms with Gasteiger partial charge in [-0.05, 0) is 38.1 Å². The molecule has 0 saturated heterocycles. The molecule has 0 bridgehead atoms. The van der Waals surface area contributed by atoms with Crippen LogP contribution >= 0.6 is 0 Å². The molecule has 0 aliphatic heterocycles. The van der Waals surface area contributed by atoms with E-state index in [1.807, 2.05) is 42.3 Å². The molecular formula is C16H19NO3. The fourth-order valence-electron chi connectivity index (χ4n) is 1.56. The summed E-state index contributed by atoms with van der Waals surface area (Å²) in [5.74, 6) is -0.900. The number of para-hydroxylation sites is 1. The van der Waals surface area contributed by atoms with Crippen LogP contribution in [0.2, 0.25) is 0 Å². The fraction of sp³-hybridized carbons (Fsp3) is 0.250. The molecule has 0 unspecified atom stereocenters. The number of allylic oxidation sites excluding steroid dienone is 2. The van der Waals surface area contributed by atoms with Crippen LogP contribution in [0, 0.1) is 0 Å². The number of esters is 1. The second-order valence-corrected chi connectivity index (χ2v) is 4.14. The highest BCUT2D eigenvalue weighted by molar-refractivity contribution is 6.16. The predicted molar refractivity (Wildman–Crippen MR) is 79.4 cm³/mol. The lowest BCUT2D eigenvalue weighted by Crippen LogP contribution is -2.13. The molecule has 0 N–H and O–H groups in total. The zero-order valence-corrected chi connectivity index (χ0v) is 12.0. The van der Waals surface area contributed by atoms with Gasteiger partial charge < -0.3 is 9.64 Å². The summed E-state index contributed by atoms with van der Waals surface area (Å²) >= 11 is 0. The van der Waals surface area contributed by atoms with Crippen LogP contribution in [0.1, 0.15) is 13.8 Å². The molecule has 0 aliphatic rings. The Hall–Kier alpha value is -2.36. The Balaban J connectivity index is 2.79. The smallest absolute Gasteiger partial charge is 0.341 e. The van der Waals surface area contributed by atoms with Crippen LogP contribution in [-0.4, -0.2) is 25.4 Å². The van der Waals surface area contributed by atoms with Crippen molar-refractivity contribution in [3.63, 3.8) is 0 Å². The lowest BCUT2D eigenvalue weighted by molar-refractivity contribution is -0.139. The first-order valence-corrected chi connectivity index (χ1v) is 6.40. The van der Waals surface area contributed by atoms with Crippen molar-refractivity contribution in [3.05, 3.63) is 54.3 Å². The summed E-state index contributed by atoms with van der Waals surface area (Å²) in [6.45, 7) is 3.29. The van der Waals surface area contributed by atoms with Crippen LogP contribution in [0.5, 0.6) is 0 Å². The molecule has 0 aromatic heterocycles. The minimum atomic E-state index is -0.591. The van der Waals surface area contributed by atoms with E-state index < -0.39 is 5.97 Å². The molecule has 1 aromatic rings. The maximum atomic E-state index is 11.6. The van der Waals surface area contributed by atoms with E-state index in [9.17, 15) is 9.59 Å². The summed E-state index contributed by atoms with van der Waals surface area (Å²) in [5, 5.41) is 0. The van der Waals surface area contributed by atoms with E-state index in [1.165, 1.54) is 13.0 Å². The monoisotopic (exact) mass is 273 g/mol. The number of benzene rings is 1. The number of rotatable bonds is 6. The van der Waals surface area contributed by atoms with Crippen LogP contribution in [0.4, 0.5) is 5.69 Å².